The number of hydrogen-bond acceptors (Lipinski definition) is 2. The van der Waals surface area contributed by atoms with Gasteiger partial charge >= 0.3 is 83.5 Å². The van der Waals surface area contributed by atoms with Gasteiger partial charge in [0.05, 0.1) is 0 Å². The topological polar surface area (TPSA) is 74.6 Å². The van der Waals surface area contributed by atoms with Crippen LogP contribution in [-0.4, -0.2) is 93.7 Å². The van der Waals surface area contributed by atoms with Crippen LogP contribution in [0, 0.1) is 0 Å². The van der Waals surface area contributed by atoms with E-state index in [1.54, 1.807) is 0 Å². The lowest BCUT2D eigenvalue weighted by Gasteiger charge is -2.40. The second-order valence-corrected chi connectivity index (χ2v) is 9.98. The summed E-state index contributed by atoms with van der Waals surface area (Å²) in [7, 11) is 0. The lowest BCUT2D eigenvalue weighted by Crippen LogP contribution is -2.70. The molecule has 0 saturated carbocycles. The zero-order valence-electron chi connectivity index (χ0n) is 23.5. The van der Waals surface area contributed by atoms with Crippen LogP contribution in [-0.2, 0) is 9.59 Å². The van der Waals surface area contributed by atoms with E-state index in [-0.39, 0.29) is 0 Å². The molecule has 2 N–H and O–H groups in total. The second-order valence-electron chi connectivity index (χ2n) is 9.98. The minimum Gasteiger partial charge on any atom is -0.478 e. The summed E-state index contributed by atoms with van der Waals surface area (Å²) >= 11 is 0. The van der Waals surface area contributed by atoms with E-state index in [1.807, 2.05) is 0 Å². The Bertz CT molecular complexity index is 1380. The second kappa shape index (κ2) is 13.8. The first-order valence-electron chi connectivity index (χ1n) is 12.1. The molecule has 0 saturated heterocycles. The zero-order chi connectivity index (χ0) is 42.6. The van der Waals surface area contributed by atoms with Crippen molar-refractivity contribution in [2.45, 2.75) is 97.3 Å². The van der Waals surface area contributed by atoms with Crippen molar-refractivity contribution < 1.29 is 134 Å². The molecule has 0 aromatic heterocycles. The molecule has 0 spiro atoms. The molecule has 0 aliphatic heterocycles. The molecule has 0 unspecified atom stereocenters. The number of hydrogen-bond donors (Lipinski definition) is 2. The highest BCUT2D eigenvalue weighted by Gasteiger charge is 2.92. The zero-order valence-corrected chi connectivity index (χ0v) is 23.5. The third-order valence-electron chi connectivity index (χ3n) is 6.47. The molecule has 0 aromatic carbocycles. The first-order valence-corrected chi connectivity index (χ1v) is 12.1. The Morgan fingerprint density at radius 3 is 0.904 bits per heavy atom. The molecule has 4 nitrogen and oxygen atoms in total. The Morgan fingerprint density at radius 1 is 0.385 bits per heavy atom. The van der Waals surface area contributed by atoms with Gasteiger partial charge in [-0.15, -0.1) is 0 Å². The number of alkyl halides is 26. The van der Waals surface area contributed by atoms with E-state index in [1.165, 1.54) is 0 Å². The summed E-state index contributed by atoms with van der Waals surface area (Å²) in [6.07, 6.45) is -29.2. The molecule has 0 fully saturated rings. The number of allylic oxidation sites excluding steroid dienone is 2. The third kappa shape index (κ3) is 7.78. The lowest BCUT2D eigenvalue weighted by molar-refractivity contribution is -0.440. The summed E-state index contributed by atoms with van der Waals surface area (Å²) in [6, 6.07) is 0. The lowest BCUT2D eigenvalue weighted by atomic mass is 9.88. The SMILES string of the molecule is O=C(O)C=CC(CCC(F)(F)C(F)(F)C(F)(F)C(F)(F)C(F)(F)C(F)(F)F)=C(CCC(F)(F)C(F)(F)C(F)(F)C(F)(F)C(F)(F)C(F)(F)F)C(=O)O. The highest BCUT2D eigenvalue weighted by atomic mass is 19.4. The molecule has 306 valence electrons. The van der Waals surface area contributed by atoms with Crippen LogP contribution >= 0.6 is 0 Å². The molecule has 0 atom stereocenters. The van der Waals surface area contributed by atoms with Crippen LogP contribution in [0.5, 0.6) is 0 Å². The van der Waals surface area contributed by atoms with Crippen LogP contribution in [0.1, 0.15) is 25.7 Å². The van der Waals surface area contributed by atoms with Crippen molar-refractivity contribution in [2.24, 2.45) is 0 Å². The molecule has 0 aliphatic rings. The van der Waals surface area contributed by atoms with Crippen LogP contribution in [0.4, 0.5) is 114 Å². The van der Waals surface area contributed by atoms with E-state index < -0.39 is 132 Å². The third-order valence-corrected chi connectivity index (χ3v) is 6.47. The molecular formula is C22H12F26O4. The summed E-state index contributed by atoms with van der Waals surface area (Å²) in [5.74, 6) is -86.1. The van der Waals surface area contributed by atoms with Crippen molar-refractivity contribution in [1.29, 1.82) is 0 Å². The van der Waals surface area contributed by atoms with Gasteiger partial charge in [0.25, 0.3) is 0 Å². The first-order chi connectivity index (χ1) is 22.3. The minimum atomic E-state index is -8.47. The number of rotatable bonds is 17. The van der Waals surface area contributed by atoms with E-state index >= 15 is 0 Å². The van der Waals surface area contributed by atoms with E-state index in [0.717, 1.165) is 0 Å². The summed E-state index contributed by atoms with van der Waals surface area (Å²) in [5.41, 5.74) is -4.57. The van der Waals surface area contributed by atoms with Crippen molar-refractivity contribution in [3.63, 3.8) is 0 Å². The predicted molar refractivity (Wildman–Crippen MR) is 111 cm³/mol. The van der Waals surface area contributed by atoms with Gasteiger partial charge in [-0.2, -0.15) is 114 Å². The Kier molecular flexibility index (Phi) is 12.9. The predicted octanol–water partition coefficient (Wildman–Crippen LogP) is 10.0. The molecule has 0 aromatic rings. The number of carbonyl (C=O) groups is 2. The molecule has 0 rings (SSSR count). The maximum absolute atomic E-state index is 14.2. The standard InChI is InChI=1S/C22H12F26O4/c23-11(24,13(27,28)15(31,32)17(35,36)19(39,40)21(43,44)45)5-3-7(1-2-9(49)50)8(10(51)52)4-6-12(25,26)14(29,30)16(33,34)18(37,38)20(41,42)22(46,47)48/h1-2H,3-6H2,(H,49,50)(H,51,52). The molecule has 0 bridgehead atoms. The van der Waals surface area contributed by atoms with Crippen LogP contribution in [0.15, 0.2) is 23.3 Å². The average molecular weight is 834 g/mol. The van der Waals surface area contributed by atoms with Crippen LogP contribution in [0.2, 0.25) is 0 Å². The van der Waals surface area contributed by atoms with Crippen molar-refractivity contribution in [2.75, 3.05) is 0 Å². The maximum atomic E-state index is 14.2. The molecule has 30 heteroatoms. The summed E-state index contributed by atoms with van der Waals surface area (Å²) in [5, 5.41) is 17.6. The Balaban J connectivity index is 7.08. The molecule has 52 heavy (non-hydrogen) atoms. The van der Waals surface area contributed by atoms with Crippen LogP contribution in [0.25, 0.3) is 0 Å². The van der Waals surface area contributed by atoms with Crippen molar-refractivity contribution in [3.8, 4) is 0 Å². The normalized spacial score (nSPS) is 16.3. The van der Waals surface area contributed by atoms with Crippen molar-refractivity contribution in [1.82, 2.24) is 0 Å². The van der Waals surface area contributed by atoms with Gasteiger partial charge in [0.15, 0.2) is 0 Å². The van der Waals surface area contributed by atoms with E-state index in [2.05, 4.69) is 0 Å². The van der Waals surface area contributed by atoms with Gasteiger partial charge in [-0.3, -0.25) is 0 Å². The smallest absolute Gasteiger partial charge is 0.460 e. The molecule has 0 aliphatic carbocycles. The number of carboxylic acids is 2. The largest absolute Gasteiger partial charge is 0.478 e. The van der Waals surface area contributed by atoms with E-state index in [4.69, 9.17) is 10.2 Å². The Labute approximate surface area is 267 Å². The van der Waals surface area contributed by atoms with E-state index in [0.29, 0.717) is 0 Å². The number of halogens is 26. The van der Waals surface area contributed by atoms with E-state index in [9.17, 15) is 124 Å². The van der Waals surface area contributed by atoms with Crippen molar-refractivity contribution >= 4 is 11.9 Å². The first kappa shape index (κ1) is 48.6. The minimum absolute atomic E-state index is 0.548. The molecular weight excluding hydrogens is 822 g/mol. The van der Waals surface area contributed by atoms with Gasteiger partial charge in [-0.05, 0) is 18.4 Å². The van der Waals surface area contributed by atoms with Gasteiger partial charge < -0.3 is 10.2 Å². The summed E-state index contributed by atoms with van der Waals surface area (Å²) in [6.45, 7) is 0. The molecule has 0 heterocycles. The van der Waals surface area contributed by atoms with Gasteiger partial charge in [0.2, 0.25) is 0 Å². The quantitative estimate of drug-likeness (QED) is 0.0870. The summed E-state index contributed by atoms with van der Waals surface area (Å²) in [4.78, 5) is 22.2. The number of aliphatic carboxylic acids is 2. The highest BCUT2D eigenvalue weighted by Crippen LogP contribution is 2.62. The fourth-order valence-electron chi connectivity index (χ4n) is 3.40. The fourth-order valence-corrected chi connectivity index (χ4v) is 3.40. The highest BCUT2D eigenvalue weighted by molar-refractivity contribution is 5.89. The summed E-state index contributed by atoms with van der Waals surface area (Å²) < 4.78 is 346. The van der Waals surface area contributed by atoms with Crippen LogP contribution < -0.4 is 0 Å². The Hall–Kier alpha value is -3.40. The number of carboxylic acid groups (broad SMARTS) is 2. The monoisotopic (exact) mass is 834 g/mol. The molecule has 0 amide bonds. The van der Waals surface area contributed by atoms with Crippen LogP contribution in [0.3, 0.4) is 0 Å². The van der Waals surface area contributed by atoms with Gasteiger partial charge in [0, 0.05) is 24.5 Å². The molecule has 0 radical (unpaired) electrons. The van der Waals surface area contributed by atoms with Gasteiger partial charge in [-0.25, -0.2) is 9.59 Å². The van der Waals surface area contributed by atoms with Crippen molar-refractivity contribution in [3.05, 3.63) is 23.3 Å². The Morgan fingerprint density at radius 2 is 0.654 bits per heavy atom. The maximum Gasteiger partial charge on any atom is 0.460 e. The van der Waals surface area contributed by atoms with Gasteiger partial charge in [-0.1, -0.05) is 6.08 Å². The fraction of sp³-hybridized carbons (Fsp3) is 0.727. The van der Waals surface area contributed by atoms with Gasteiger partial charge in [0.1, 0.15) is 0 Å². The average Bonchev–Trinajstić information content (AvgIpc) is 2.91.